The number of carbonyl (C=O) groups excluding carboxylic acids is 1. The molecule has 2 aliphatic heterocycles. The topological polar surface area (TPSA) is 93.1 Å². The van der Waals surface area contributed by atoms with Gasteiger partial charge in [-0.1, -0.05) is 30.3 Å². The van der Waals surface area contributed by atoms with E-state index in [1.165, 1.54) is 0 Å². The van der Waals surface area contributed by atoms with Gasteiger partial charge in [-0.25, -0.2) is 0 Å². The third kappa shape index (κ3) is 9.37. The van der Waals surface area contributed by atoms with Gasteiger partial charge in [0, 0.05) is 50.9 Å². The predicted molar refractivity (Wildman–Crippen MR) is 135 cm³/mol. The minimum atomic E-state index is -0.250. The molecule has 2 saturated heterocycles. The number of phenols is 1. The van der Waals surface area contributed by atoms with Crippen molar-refractivity contribution < 1.29 is 19.8 Å². The van der Waals surface area contributed by atoms with Gasteiger partial charge in [0.2, 0.25) is 0 Å². The van der Waals surface area contributed by atoms with E-state index in [4.69, 9.17) is 9.90 Å². The summed E-state index contributed by atoms with van der Waals surface area (Å²) in [6.07, 6.45) is 4.90. The van der Waals surface area contributed by atoms with Crippen LogP contribution >= 0.6 is 0 Å². The smallest absolute Gasteiger partial charge is 0.290 e. The summed E-state index contributed by atoms with van der Waals surface area (Å²) < 4.78 is 0. The quantitative estimate of drug-likeness (QED) is 0.461. The van der Waals surface area contributed by atoms with Gasteiger partial charge in [0.1, 0.15) is 5.75 Å². The summed E-state index contributed by atoms with van der Waals surface area (Å²) in [5, 5.41) is 19.8. The van der Waals surface area contributed by atoms with Crippen LogP contribution < -0.4 is 5.32 Å². The van der Waals surface area contributed by atoms with Crippen molar-refractivity contribution in [1.29, 1.82) is 0 Å². The number of likely N-dealkylation sites (tertiary alicyclic amines) is 1. The van der Waals surface area contributed by atoms with Crippen molar-refractivity contribution in [3.05, 3.63) is 77.9 Å². The molecule has 2 heterocycles. The molecule has 2 fully saturated rings. The van der Waals surface area contributed by atoms with Gasteiger partial charge in [0.05, 0.1) is 0 Å². The van der Waals surface area contributed by atoms with Gasteiger partial charge in [0.25, 0.3) is 12.4 Å². The molecule has 2 aliphatic rings. The van der Waals surface area contributed by atoms with Crippen LogP contribution in [0.2, 0.25) is 0 Å². The zero-order chi connectivity index (χ0) is 24.8. The lowest BCUT2D eigenvalue weighted by Crippen LogP contribution is -2.49. The highest BCUT2D eigenvalue weighted by Gasteiger charge is 2.19. The van der Waals surface area contributed by atoms with Crippen molar-refractivity contribution in [3.8, 4) is 5.75 Å². The molecule has 0 radical (unpaired) electrons. The van der Waals surface area contributed by atoms with Crippen LogP contribution in [-0.2, 0) is 11.2 Å². The summed E-state index contributed by atoms with van der Waals surface area (Å²) in [6.45, 7) is 11.9. The summed E-state index contributed by atoms with van der Waals surface area (Å²) >= 11 is 0. The van der Waals surface area contributed by atoms with Crippen molar-refractivity contribution in [1.82, 2.24) is 15.1 Å². The van der Waals surface area contributed by atoms with E-state index in [9.17, 15) is 9.90 Å². The maximum absolute atomic E-state index is 12.4. The Hall–Kier alpha value is -3.16. The van der Waals surface area contributed by atoms with E-state index >= 15 is 0 Å². The lowest BCUT2D eigenvalue weighted by atomic mass is 10.0. The second-order valence-corrected chi connectivity index (χ2v) is 8.56. The number of amides is 1. The zero-order valence-electron chi connectivity index (χ0n) is 20.0. The third-order valence-electron chi connectivity index (χ3n) is 5.73. The number of piperazine rings is 1. The standard InChI is InChI=1S/C18H19NO2.C8H16N2.CH2O2/c20-17-8-4-6-15(13-17)11-14-5-3-7-16(12-14)18(21)19-9-1-2-10-19;1-3-5-10-6-4-9-8(2)7-10;2-1-3/h3-8,12-13,20H,1-2,9-11H2;3,8-9H,1,4-7H2,2H3;1H,(H,2,3). The lowest BCUT2D eigenvalue weighted by Gasteiger charge is -2.30. The number of hydrogen-bond donors (Lipinski definition) is 3. The summed E-state index contributed by atoms with van der Waals surface area (Å²) in [6, 6.07) is 15.7. The number of benzene rings is 2. The molecule has 3 N–H and O–H groups in total. The van der Waals surface area contributed by atoms with E-state index in [0.29, 0.717) is 6.04 Å². The molecule has 34 heavy (non-hydrogen) atoms. The van der Waals surface area contributed by atoms with E-state index in [2.05, 4.69) is 23.7 Å². The van der Waals surface area contributed by atoms with Crippen LogP contribution in [0.5, 0.6) is 5.75 Å². The van der Waals surface area contributed by atoms with E-state index in [0.717, 1.165) is 75.2 Å². The Morgan fingerprint density at radius 3 is 2.38 bits per heavy atom. The Labute approximate surface area is 202 Å². The first-order valence-corrected chi connectivity index (χ1v) is 11.8. The maximum atomic E-state index is 12.4. The average molecular weight is 468 g/mol. The molecular formula is C27H37N3O4. The Bertz CT molecular complexity index is 912. The van der Waals surface area contributed by atoms with E-state index in [1.54, 1.807) is 12.1 Å². The van der Waals surface area contributed by atoms with Crippen molar-refractivity contribution in [3.63, 3.8) is 0 Å². The van der Waals surface area contributed by atoms with Crippen LogP contribution in [0, 0.1) is 0 Å². The highest BCUT2D eigenvalue weighted by atomic mass is 16.3. The first-order chi connectivity index (χ1) is 16.5. The van der Waals surface area contributed by atoms with E-state index < -0.39 is 0 Å². The summed E-state index contributed by atoms with van der Waals surface area (Å²) in [5.41, 5.74) is 2.89. The Balaban J connectivity index is 0.000000263. The molecule has 4 rings (SSSR count). The fourth-order valence-electron chi connectivity index (χ4n) is 4.18. The molecule has 7 heteroatoms. The van der Waals surface area contributed by atoms with Crippen LogP contribution in [0.25, 0.3) is 0 Å². The van der Waals surface area contributed by atoms with Gasteiger partial charge in [-0.05, 0) is 61.6 Å². The molecular weight excluding hydrogens is 430 g/mol. The molecule has 184 valence electrons. The molecule has 0 aromatic heterocycles. The Kier molecular flexibility index (Phi) is 11.9. The molecule has 0 saturated carbocycles. The van der Waals surface area contributed by atoms with E-state index in [-0.39, 0.29) is 18.1 Å². The summed E-state index contributed by atoms with van der Waals surface area (Å²) in [7, 11) is 0. The summed E-state index contributed by atoms with van der Waals surface area (Å²) in [4.78, 5) is 25.1. The highest BCUT2D eigenvalue weighted by molar-refractivity contribution is 5.94. The number of hydrogen-bond acceptors (Lipinski definition) is 5. The van der Waals surface area contributed by atoms with E-state index in [1.807, 2.05) is 47.4 Å². The average Bonchev–Trinajstić information content (AvgIpc) is 3.35. The van der Waals surface area contributed by atoms with Gasteiger partial charge in [-0.2, -0.15) is 0 Å². The molecule has 1 amide bonds. The molecule has 7 nitrogen and oxygen atoms in total. The SMILES string of the molecule is C=CCN1CCNC(C)C1.O=C(c1cccc(Cc2cccc(O)c2)c1)N1CCCC1.O=CO. The number of aromatic hydroxyl groups is 1. The fraction of sp³-hybridized carbons (Fsp3) is 0.407. The van der Waals surface area contributed by atoms with Gasteiger partial charge in [-0.3, -0.25) is 14.5 Å². The Morgan fingerprint density at radius 2 is 1.76 bits per heavy atom. The van der Waals surface area contributed by atoms with Crippen LogP contribution in [0.15, 0.2) is 61.2 Å². The van der Waals surface area contributed by atoms with Crippen molar-refractivity contribution >= 4 is 12.4 Å². The van der Waals surface area contributed by atoms with Gasteiger partial charge < -0.3 is 20.4 Å². The summed E-state index contributed by atoms with van der Waals surface area (Å²) in [5.74, 6) is 0.405. The second-order valence-electron chi connectivity index (χ2n) is 8.56. The molecule has 0 aliphatic carbocycles. The van der Waals surface area contributed by atoms with Gasteiger partial charge in [-0.15, -0.1) is 6.58 Å². The molecule has 2 aromatic carbocycles. The van der Waals surface area contributed by atoms with Crippen molar-refractivity contribution in [2.24, 2.45) is 0 Å². The largest absolute Gasteiger partial charge is 0.508 e. The minimum Gasteiger partial charge on any atom is -0.508 e. The first-order valence-electron chi connectivity index (χ1n) is 11.8. The zero-order valence-corrected chi connectivity index (χ0v) is 20.0. The van der Waals surface area contributed by atoms with Gasteiger partial charge in [0.15, 0.2) is 0 Å². The molecule has 0 bridgehead atoms. The molecule has 0 spiro atoms. The monoisotopic (exact) mass is 467 g/mol. The van der Waals surface area contributed by atoms with Crippen molar-refractivity contribution in [2.75, 3.05) is 39.3 Å². The van der Waals surface area contributed by atoms with Crippen LogP contribution in [-0.4, -0.2) is 77.7 Å². The molecule has 1 unspecified atom stereocenters. The van der Waals surface area contributed by atoms with Crippen LogP contribution in [0.1, 0.15) is 41.3 Å². The minimum absolute atomic E-state index is 0.130. The van der Waals surface area contributed by atoms with Gasteiger partial charge >= 0.3 is 0 Å². The fourth-order valence-corrected chi connectivity index (χ4v) is 4.18. The number of nitrogens with one attached hydrogen (secondary N) is 1. The van der Waals surface area contributed by atoms with Crippen molar-refractivity contribution in [2.45, 2.75) is 32.2 Å². The number of carboxylic acid groups (broad SMARTS) is 1. The highest BCUT2D eigenvalue weighted by Crippen LogP contribution is 2.18. The third-order valence-corrected chi connectivity index (χ3v) is 5.73. The maximum Gasteiger partial charge on any atom is 0.290 e. The number of carbonyl (C=O) groups is 2. The number of rotatable bonds is 5. The molecule has 1 atom stereocenters. The van der Waals surface area contributed by atoms with Crippen LogP contribution in [0.4, 0.5) is 0 Å². The predicted octanol–water partition coefficient (Wildman–Crippen LogP) is 3.39. The second kappa shape index (κ2) is 14.9. The normalized spacial score (nSPS) is 17.6. The number of nitrogens with zero attached hydrogens (tertiary/aromatic N) is 2. The first kappa shape index (κ1) is 27.1. The molecule has 2 aromatic rings. The number of phenolic OH excluding ortho intramolecular Hbond substituents is 1. The van der Waals surface area contributed by atoms with Crippen LogP contribution in [0.3, 0.4) is 0 Å². The lowest BCUT2D eigenvalue weighted by molar-refractivity contribution is -0.122. The Morgan fingerprint density at radius 1 is 1.12 bits per heavy atom.